The second-order valence-corrected chi connectivity index (χ2v) is 6.26. The number of benzene rings is 1. The minimum absolute atomic E-state index is 0.0546. The summed E-state index contributed by atoms with van der Waals surface area (Å²) >= 11 is 6.84. The lowest BCUT2D eigenvalue weighted by Crippen LogP contribution is -2.23. The second kappa shape index (κ2) is 6.94. The number of aromatic amines is 1. The van der Waals surface area contributed by atoms with Gasteiger partial charge in [0.2, 0.25) is 5.16 Å². The van der Waals surface area contributed by atoms with Gasteiger partial charge in [0.25, 0.3) is 0 Å². The van der Waals surface area contributed by atoms with Crippen LogP contribution < -0.4 is 5.11 Å². The van der Waals surface area contributed by atoms with Gasteiger partial charge in [0.05, 0.1) is 5.97 Å². The number of aryl methyl sites for hydroxylation is 1. The number of rotatable bonds is 5. The van der Waals surface area contributed by atoms with Crippen LogP contribution in [0.5, 0.6) is 0 Å². The Balaban J connectivity index is 1.86. The molecule has 1 aromatic carbocycles. The van der Waals surface area contributed by atoms with Gasteiger partial charge in [-0.05, 0) is 49.0 Å². The molecular formula is C16H11ClN3O3S-. The molecule has 0 aliphatic heterocycles. The Bertz CT molecular complexity index is 917. The van der Waals surface area contributed by atoms with Gasteiger partial charge in [0.15, 0.2) is 0 Å². The Kier molecular flexibility index (Phi) is 4.73. The monoisotopic (exact) mass is 360 g/mol. The molecule has 3 rings (SSSR count). The van der Waals surface area contributed by atoms with Gasteiger partial charge in [-0.2, -0.15) is 0 Å². The molecule has 0 bridgehead atoms. The first-order chi connectivity index (χ1) is 11.5. The number of hydrogen-bond donors (Lipinski definition) is 1. The third-order valence-electron chi connectivity index (χ3n) is 2.99. The summed E-state index contributed by atoms with van der Waals surface area (Å²) in [6, 6.07) is 10.6. The van der Waals surface area contributed by atoms with Crippen LogP contribution in [0.2, 0.25) is 5.02 Å². The summed E-state index contributed by atoms with van der Waals surface area (Å²) < 4.78 is 5.66. The van der Waals surface area contributed by atoms with Gasteiger partial charge in [0.1, 0.15) is 17.3 Å². The van der Waals surface area contributed by atoms with Gasteiger partial charge >= 0.3 is 0 Å². The number of hydrogen-bond acceptors (Lipinski definition) is 6. The molecule has 0 fully saturated rings. The van der Waals surface area contributed by atoms with Crippen LogP contribution in [0.4, 0.5) is 0 Å². The number of nitrogens with zero attached hydrogens (tertiary/aromatic N) is 2. The highest BCUT2D eigenvalue weighted by Gasteiger charge is 2.10. The van der Waals surface area contributed by atoms with Crippen molar-refractivity contribution < 1.29 is 14.3 Å². The molecule has 24 heavy (non-hydrogen) atoms. The minimum Gasteiger partial charge on any atom is -0.544 e. The van der Waals surface area contributed by atoms with E-state index in [1.807, 2.05) is 12.1 Å². The van der Waals surface area contributed by atoms with Gasteiger partial charge in [0, 0.05) is 15.5 Å². The van der Waals surface area contributed by atoms with Crippen LogP contribution in [0.3, 0.4) is 0 Å². The molecule has 6 nitrogen and oxygen atoms in total. The van der Waals surface area contributed by atoms with Gasteiger partial charge in [-0.15, -0.1) is 5.10 Å². The number of aromatic nitrogens is 3. The third kappa shape index (κ3) is 3.87. The Morgan fingerprint density at radius 1 is 1.38 bits per heavy atom. The summed E-state index contributed by atoms with van der Waals surface area (Å²) in [5.41, 5.74) is 0.800. The number of carboxylic acid groups (broad SMARTS) is 1. The average molecular weight is 361 g/mol. The zero-order chi connectivity index (χ0) is 17.1. The summed E-state index contributed by atoms with van der Waals surface area (Å²) in [6.45, 7) is 1.73. The van der Waals surface area contributed by atoms with E-state index in [1.165, 1.54) is 6.08 Å². The molecule has 0 aliphatic carbocycles. The van der Waals surface area contributed by atoms with Crippen molar-refractivity contribution in [2.24, 2.45) is 0 Å². The Hall–Kier alpha value is -2.51. The molecule has 0 amide bonds. The van der Waals surface area contributed by atoms with Crippen LogP contribution in [0.15, 0.2) is 50.9 Å². The van der Waals surface area contributed by atoms with Crippen LogP contribution in [0.1, 0.15) is 11.6 Å². The first kappa shape index (κ1) is 16.4. The second-order valence-electron chi connectivity index (χ2n) is 4.81. The number of carbonyl (C=O) groups excluding carboxylic acids is 1. The van der Waals surface area contributed by atoms with Gasteiger partial charge < -0.3 is 14.3 Å². The molecule has 0 spiro atoms. The lowest BCUT2D eigenvalue weighted by Gasteiger charge is -2.04. The standard InChI is InChI=1S/C16H12ClN3O3S/c1-9-18-16(20-19-9)24-14(15(21)22)8-12-5-6-13(23-12)10-3-2-4-11(17)7-10/h2-8H,1H3,(H,21,22)(H,18,19,20)/p-1/b14-8+. The van der Waals surface area contributed by atoms with E-state index in [9.17, 15) is 9.90 Å². The van der Waals surface area contributed by atoms with Gasteiger partial charge in [-0.1, -0.05) is 23.7 Å². The zero-order valence-corrected chi connectivity index (χ0v) is 14.0. The maximum atomic E-state index is 11.3. The van der Waals surface area contributed by atoms with Crippen molar-refractivity contribution in [2.45, 2.75) is 12.1 Å². The lowest BCUT2D eigenvalue weighted by atomic mass is 10.2. The zero-order valence-electron chi connectivity index (χ0n) is 12.4. The molecule has 0 saturated carbocycles. The maximum absolute atomic E-state index is 11.3. The van der Waals surface area contributed by atoms with E-state index in [2.05, 4.69) is 15.2 Å². The molecule has 8 heteroatoms. The van der Waals surface area contributed by atoms with E-state index in [0.717, 1.165) is 17.3 Å². The van der Waals surface area contributed by atoms with Crippen molar-refractivity contribution in [2.75, 3.05) is 0 Å². The highest BCUT2D eigenvalue weighted by Crippen LogP contribution is 2.29. The topological polar surface area (TPSA) is 94.8 Å². The number of aliphatic carboxylic acids is 1. The van der Waals surface area contributed by atoms with Crippen LogP contribution in [-0.2, 0) is 4.79 Å². The maximum Gasteiger partial charge on any atom is 0.213 e. The quantitative estimate of drug-likeness (QED) is 0.555. The highest BCUT2D eigenvalue weighted by atomic mass is 35.5. The molecule has 0 atom stereocenters. The summed E-state index contributed by atoms with van der Waals surface area (Å²) in [7, 11) is 0. The lowest BCUT2D eigenvalue weighted by molar-refractivity contribution is -0.298. The normalized spacial score (nSPS) is 11.7. The van der Waals surface area contributed by atoms with Crippen molar-refractivity contribution in [1.29, 1.82) is 0 Å². The number of thioether (sulfide) groups is 1. The van der Waals surface area contributed by atoms with Crippen LogP contribution in [0.25, 0.3) is 17.4 Å². The van der Waals surface area contributed by atoms with Gasteiger partial charge in [-0.25, -0.2) is 4.98 Å². The van der Waals surface area contributed by atoms with Crippen LogP contribution in [-0.4, -0.2) is 21.2 Å². The van der Waals surface area contributed by atoms with Crippen molar-refractivity contribution in [3.05, 3.63) is 57.9 Å². The predicted molar refractivity (Wildman–Crippen MR) is 89.1 cm³/mol. The SMILES string of the molecule is Cc1nc(S/C(=C/c2ccc(-c3cccc(Cl)c3)o2)C(=O)[O-])n[nH]1. The van der Waals surface area contributed by atoms with Crippen LogP contribution in [0, 0.1) is 6.92 Å². The Morgan fingerprint density at radius 2 is 2.21 bits per heavy atom. The minimum atomic E-state index is -1.33. The number of H-pyrrole nitrogens is 1. The molecule has 1 N–H and O–H groups in total. The van der Waals surface area contributed by atoms with E-state index in [-0.39, 0.29) is 4.91 Å². The summed E-state index contributed by atoms with van der Waals surface area (Å²) in [5, 5.41) is 18.7. The van der Waals surface area contributed by atoms with Crippen molar-refractivity contribution in [1.82, 2.24) is 15.2 Å². The van der Waals surface area contributed by atoms with E-state index in [1.54, 1.807) is 31.2 Å². The van der Waals surface area contributed by atoms with Crippen LogP contribution >= 0.6 is 23.4 Å². The molecule has 0 aliphatic rings. The number of carbonyl (C=O) groups is 1. The Morgan fingerprint density at radius 3 is 2.88 bits per heavy atom. The largest absolute Gasteiger partial charge is 0.544 e. The number of halogens is 1. The summed E-state index contributed by atoms with van der Waals surface area (Å²) in [4.78, 5) is 15.3. The summed E-state index contributed by atoms with van der Waals surface area (Å²) in [6.07, 6.45) is 1.37. The highest BCUT2D eigenvalue weighted by molar-refractivity contribution is 8.04. The number of carboxylic acids is 1. The van der Waals surface area contributed by atoms with Crippen molar-refractivity contribution >= 4 is 35.4 Å². The summed E-state index contributed by atoms with van der Waals surface area (Å²) in [5.74, 6) is 0.226. The van der Waals surface area contributed by atoms with E-state index < -0.39 is 5.97 Å². The average Bonchev–Trinajstić information content (AvgIpc) is 3.16. The smallest absolute Gasteiger partial charge is 0.213 e. The molecule has 0 saturated heterocycles. The van der Waals surface area contributed by atoms with E-state index in [0.29, 0.717) is 27.5 Å². The molecule has 0 unspecified atom stereocenters. The first-order valence-electron chi connectivity index (χ1n) is 6.87. The molecule has 2 aromatic heterocycles. The molecule has 2 heterocycles. The van der Waals surface area contributed by atoms with E-state index in [4.69, 9.17) is 16.0 Å². The molecule has 3 aromatic rings. The van der Waals surface area contributed by atoms with Crippen molar-refractivity contribution in [3.8, 4) is 11.3 Å². The van der Waals surface area contributed by atoms with Crippen molar-refractivity contribution in [3.63, 3.8) is 0 Å². The third-order valence-corrected chi connectivity index (χ3v) is 4.09. The molecule has 0 radical (unpaired) electrons. The fraction of sp³-hybridized carbons (Fsp3) is 0.0625. The first-order valence-corrected chi connectivity index (χ1v) is 8.06. The predicted octanol–water partition coefficient (Wildman–Crippen LogP) is 2.91. The Labute approximate surface area is 146 Å². The number of furan rings is 1. The fourth-order valence-electron chi connectivity index (χ4n) is 1.95. The number of nitrogens with one attached hydrogen (secondary N) is 1. The van der Waals surface area contributed by atoms with E-state index >= 15 is 0 Å². The fourth-order valence-corrected chi connectivity index (χ4v) is 2.87. The van der Waals surface area contributed by atoms with Gasteiger partial charge in [-0.3, -0.25) is 5.10 Å². The molecular weight excluding hydrogens is 350 g/mol. The molecule has 122 valence electrons.